The lowest BCUT2D eigenvalue weighted by molar-refractivity contribution is 0.0390. The lowest BCUT2D eigenvalue weighted by Gasteiger charge is -2.18. The van der Waals surface area contributed by atoms with Crippen LogP contribution in [0.25, 0.3) is 0 Å². The standard InChI is InChI=1S/C6H16BO11P3/c1-7-6-3-2-5(16-6)4-15-20(11,12)18-21(13,14)17-19(8,9)10/h5-7H,2-4H2,1H3,(H,11,12)(H,13,14)(H2,8,9,10). The number of ether oxygens (including phenoxy) is 1. The van der Waals surface area contributed by atoms with E-state index in [-0.39, 0.29) is 12.6 Å². The first kappa shape index (κ1) is 19.5. The molecule has 0 aromatic heterocycles. The first-order valence-corrected chi connectivity index (χ1v) is 10.4. The second-order valence-electron chi connectivity index (χ2n) is 4.25. The Bertz CT molecular complexity index is 490. The molecule has 0 amide bonds. The van der Waals surface area contributed by atoms with E-state index in [1.165, 1.54) is 0 Å². The summed E-state index contributed by atoms with van der Waals surface area (Å²) in [4.78, 5) is 34.9. The van der Waals surface area contributed by atoms with Crippen molar-refractivity contribution in [2.24, 2.45) is 0 Å². The van der Waals surface area contributed by atoms with E-state index in [4.69, 9.17) is 19.4 Å². The van der Waals surface area contributed by atoms with Crippen molar-refractivity contribution < 1.29 is 51.2 Å². The van der Waals surface area contributed by atoms with E-state index in [2.05, 4.69) is 13.1 Å². The average Bonchev–Trinajstić information content (AvgIpc) is 2.69. The van der Waals surface area contributed by atoms with Crippen LogP contribution in [0.3, 0.4) is 0 Å². The molecule has 124 valence electrons. The molecule has 0 aromatic carbocycles. The molecule has 0 radical (unpaired) electrons. The van der Waals surface area contributed by atoms with Crippen LogP contribution in [0.4, 0.5) is 0 Å². The van der Waals surface area contributed by atoms with E-state index in [1.807, 2.05) is 6.82 Å². The number of hydrogen-bond acceptors (Lipinski definition) is 7. The van der Waals surface area contributed by atoms with Gasteiger partial charge in [0.15, 0.2) is 7.28 Å². The van der Waals surface area contributed by atoms with Gasteiger partial charge in [-0.25, -0.2) is 13.7 Å². The average molecular weight is 368 g/mol. The zero-order valence-corrected chi connectivity index (χ0v) is 13.7. The Morgan fingerprint density at radius 3 is 2.19 bits per heavy atom. The number of hydrogen-bond donors (Lipinski definition) is 4. The predicted molar refractivity (Wildman–Crippen MR) is 70.7 cm³/mol. The third-order valence-corrected chi connectivity index (χ3v) is 6.29. The summed E-state index contributed by atoms with van der Waals surface area (Å²) >= 11 is 0. The molecular weight excluding hydrogens is 352 g/mol. The molecule has 1 aliphatic heterocycles. The molecule has 1 aliphatic rings. The molecule has 15 heteroatoms. The zero-order chi connectivity index (χ0) is 16.3. The highest BCUT2D eigenvalue weighted by atomic mass is 31.3. The van der Waals surface area contributed by atoms with Gasteiger partial charge in [-0.05, 0) is 12.8 Å². The fraction of sp³-hybridized carbons (Fsp3) is 1.00. The fourth-order valence-electron chi connectivity index (χ4n) is 1.68. The molecule has 1 rings (SSSR count). The van der Waals surface area contributed by atoms with Crippen LogP contribution in [0.1, 0.15) is 12.8 Å². The molecule has 0 spiro atoms. The minimum atomic E-state index is -5.46. The first-order valence-electron chi connectivity index (χ1n) is 5.86. The topological polar surface area (TPSA) is 169 Å². The Kier molecular flexibility index (Phi) is 6.81. The second-order valence-corrected chi connectivity index (χ2v) is 8.67. The summed E-state index contributed by atoms with van der Waals surface area (Å²) in [5.41, 5.74) is 0. The maximum absolute atomic E-state index is 11.4. The van der Waals surface area contributed by atoms with Crippen molar-refractivity contribution in [1.82, 2.24) is 0 Å². The Balaban J connectivity index is 2.48. The van der Waals surface area contributed by atoms with Crippen molar-refractivity contribution in [2.45, 2.75) is 31.8 Å². The smallest absolute Gasteiger partial charge is 0.381 e. The highest BCUT2D eigenvalue weighted by Crippen LogP contribution is 2.66. The van der Waals surface area contributed by atoms with E-state index in [1.54, 1.807) is 0 Å². The summed E-state index contributed by atoms with van der Waals surface area (Å²) in [5.74, 6) is 0. The van der Waals surface area contributed by atoms with Gasteiger partial charge in [-0.15, -0.1) is 0 Å². The monoisotopic (exact) mass is 368 g/mol. The molecule has 1 fully saturated rings. The van der Waals surface area contributed by atoms with Crippen LogP contribution in [0, 0.1) is 0 Å². The van der Waals surface area contributed by atoms with Crippen LogP contribution in [0.5, 0.6) is 0 Å². The predicted octanol–water partition coefficient (Wildman–Crippen LogP) is 0.319. The first-order chi connectivity index (χ1) is 9.42. The minimum Gasteiger partial charge on any atom is -0.381 e. The number of rotatable bonds is 8. The highest BCUT2D eigenvalue weighted by Gasteiger charge is 2.41. The van der Waals surface area contributed by atoms with Gasteiger partial charge in [0.1, 0.15) is 0 Å². The van der Waals surface area contributed by atoms with Gasteiger partial charge in [0.2, 0.25) is 0 Å². The Morgan fingerprint density at radius 1 is 1.10 bits per heavy atom. The van der Waals surface area contributed by atoms with Gasteiger partial charge in [0.05, 0.1) is 12.7 Å². The summed E-state index contributed by atoms with van der Waals surface area (Å²) in [6.07, 6.45) is 0.856. The normalized spacial score (nSPS) is 28.8. The SMILES string of the molecule is CBC1CCC(COP(=O)(O)OP(=O)(O)OP(=O)(O)O)O1. The maximum atomic E-state index is 11.4. The number of phosphoric acid groups is 3. The molecule has 11 nitrogen and oxygen atoms in total. The lowest BCUT2D eigenvalue weighted by Crippen LogP contribution is -2.19. The number of phosphoric ester groups is 1. The third kappa shape index (κ3) is 8.02. The molecule has 1 saturated heterocycles. The van der Waals surface area contributed by atoms with Gasteiger partial charge in [0.25, 0.3) is 0 Å². The molecule has 4 unspecified atom stereocenters. The van der Waals surface area contributed by atoms with Crippen LogP contribution >= 0.6 is 23.5 Å². The summed E-state index contributed by atoms with van der Waals surface area (Å²) in [6, 6.07) is 0.0135. The third-order valence-electron chi connectivity index (χ3n) is 2.49. The van der Waals surface area contributed by atoms with Gasteiger partial charge in [-0.2, -0.15) is 8.62 Å². The largest absolute Gasteiger partial charge is 0.490 e. The maximum Gasteiger partial charge on any atom is 0.490 e. The summed E-state index contributed by atoms with van der Waals surface area (Å²) in [7, 11) is -15.1. The Hall–Kier alpha value is 0.435. The molecule has 0 bridgehead atoms. The van der Waals surface area contributed by atoms with Crippen LogP contribution in [-0.4, -0.2) is 45.6 Å². The van der Waals surface area contributed by atoms with Crippen molar-refractivity contribution in [3.05, 3.63) is 0 Å². The molecule has 4 N–H and O–H groups in total. The van der Waals surface area contributed by atoms with Crippen LogP contribution in [0.2, 0.25) is 6.82 Å². The Labute approximate surface area is 121 Å². The van der Waals surface area contributed by atoms with Crippen molar-refractivity contribution in [2.75, 3.05) is 6.61 Å². The van der Waals surface area contributed by atoms with Crippen molar-refractivity contribution >= 4 is 30.7 Å². The van der Waals surface area contributed by atoms with Gasteiger partial charge >= 0.3 is 23.5 Å². The minimum absolute atomic E-state index is 0.0135. The highest BCUT2D eigenvalue weighted by molar-refractivity contribution is 7.66. The van der Waals surface area contributed by atoms with E-state index in [0.717, 1.165) is 13.7 Å². The molecule has 21 heavy (non-hydrogen) atoms. The molecule has 4 atom stereocenters. The second kappa shape index (κ2) is 7.34. The lowest BCUT2D eigenvalue weighted by atomic mass is 9.74. The summed E-state index contributed by atoms with van der Waals surface area (Å²) in [6.45, 7) is 1.54. The van der Waals surface area contributed by atoms with E-state index in [9.17, 15) is 18.6 Å². The zero-order valence-electron chi connectivity index (χ0n) is 11.0. The van der Waals surface area contributed by atoms with Gasteiger partial charge in [-0.3, -0.25) is 4.52 Å². The van der Waals surface area contributed by atoms with Gasteiger partial charge < -0.3 is 24.3 Å². The van der Waals surface area contributed by atoms with Crippen LogP contribution in [0.15, 0.2) is 0 Å². The molecule has 0 aliphatic carbocycles. The van der Waals surface area contributed by atoms with E-state index >= 15 is 0 Å². The summed E-state index contributed by atoms with van der Waals surface area (Å²) < 4.78 is 49.9. The van der Waals surface area contributed by atoms with E-state index in [0.29, 0.717) is 6.42 Å². The van der Waals surface area contributed by atoms with Crippen molar-refractivity contribution in [3.8, 4) is 0 Å². The fourth-order valence-corrected chi connectivity index (χ4v) is 4.73. The van der Waals surface area contributed by atoms with Gasteiger partial charge in [0, 0.05) is 6.00 Å². The Morgan fingerprint density at radius 2 is 1.71 bits per heavy atom. The molecule has 1 heterocycles. The molecule has 0 saturated carbocycles. The van der Waals surface area contributed by atoms with Crippen molar-refractivity contribution in [3.63, 3.8) is 0 Å². The van der Waals surface area contributed by atoms with Crippen molar-refractivity contribution in [1.29, 1.82) is 0 Å². The summed E-state index contributed by atoms with van der Waals surface area (Å²) in [5, 5.41) is 0. The van der Waals surface area contributed by atoms with E-state index < -0.39 is 29.6 Å². The quantitative estimate of drug-likeness (QED) is 0.344. The molecule has 0 aromatic rings. The van der Waals surface area contributed by atoms with Crippen LogP contribution < -0.4 is 0 Å². The molecular formula is C6H16BO11P3. The van der Waals surface area contributed by atoms with Crippen LogP contribution in [-0.2, 0) is 31.6 Å². The van der Waals surface area contributed by atoms with Gasteiger partial charge in [-0.1, -0.05) is 6.82 Å².